The lowest BCUT2D eigenvalue weighted by molar-refractivity contribution is -0.121. The zero-order chi connectivity index (χ0) is 20.5. The summed E-state index contributed by atoms with van der Waals surface area (Å²) in [6.45, 7) is 2.04. The van der Waals surface area contributed by atoms with Crippen LogP contribution in [0.2, 0.25) is 0 Å². The summed E-state index contributed by atoms with van der Waals surface area (Å²) in [7, 11) is 0. The maximum atomic E-state index is 12.9. The number of aromatic nitrogens is 2. The van der Waals surface area contributed by atoms with E-state index in [1.54, 1.807) is 23.5 Å². The lowest BCUT2D eigenvalue weighted by Gasteiger charge is -2.17. The molecule has 150 valence electrons. The second kappa shape index (κ2) is 8.08. The molecule has 1 unspecified atom stereocenters. The fraction of sp³-hybridized carbons (Fsp3) is 0.300. The molecule has 9 heteroatoms. The number of phenolic OH excluding ortho intramolecular Hbond substituents is 1. The molecule has 1 atom stereocenters. The van der Waals surface area contributed by atoms with Gasteiger partial charge in [0.05, 0.1) is 17.9 Å². The highest BCUT2D eigenvalue weighted by Gasteiger charge is 2.23. The Balaban J connectivity index is 1.51. The molecule has 0 saturated heterocycles. The smallest absolute Gasteiger partial charge is 0.262 e. The van der Waals surface area contributed by atoms with Crippen molar-refractivity contribution in [3.05, 3.63) is 55.4 Å². The molecular formula is C20H19BrN4O3S. The number of nitrogens with zero attached hydrogens (tertiary/aromatic N) is 3. The molecule has 0 spiro atoms. The summed E-state index contributed by atoms with van der Waals surface area (Å²) in [6, 6.07) is 4.90. The monoisotopic (exact) mass is 474 g/mol. The summed E-state index contributed by atoms with van der Waals surface area (Å²) >= 11 is 4.89. The van der Waals surface area contributed by atoms with Crippen molar-refractivity contribution in [3.8, 4) is 5.75 Å². The minimum absolute atomic E-state index is 0.0496. The Hall–Kier alpha value is -2.52. The van der Waals surface area contributed by atoms with Crippen LogP contribution in [-0.2, 0) is 24.2 Å². The number of amides is 1. The van der Waals surface area contributed by atoms with Crippen LogP contribution in [0.5, 0.6) is 5.75 Å². The fourth-order valence-corrected chi connectivity index (χ4v) is 5.19. The van der Waals surface area contributed by atoms with Crippen molar-refractivity contribution >= 4 is 49.6 Å². The van der Waals surface area contributed by atoms with E-state index in [4.69, 9.17) is 0 Å². The normalized spacial score (nSPS) is 16.3. The molecule has 1 aromatic carbocycles. The summed E-state index contributed by atoms with van der Waals surface area (Å²) in [4.78, 5) is 31.5. The van der Waals surface area contributed by atoms with Gasteiger partial charge in [-0.2, -0.15) is 5.10 Å². The quantitative estimate of drug-likeness (QED) is 0.448. The van der Waals surface area contributed by atoms with Crippen molar-refractivity contribution in [3.63, 3.8) is 0 Å². The number of phenols is 1. The lowest BCUT2D eigenvalue weighted by Crippen LogP contribution is -2.30. The second-order valence-electron chi connectivity index (χ2n) is 7.21. The van der Waals surface area contributed by atoms with Gasteiger partial charge in [0.15, 0.2) is 0 Å². The van der Waals surface area contributed by atoms with E-state index >= 15 is 0 Å². The number of aromatic hydroxyl groups is 1. The number of carbonyl (C=O) groups is 1. The van der Waals surface area contributed by atoms with Crippen molar-refractivity contribution in [1.82, 2.24) is 15.0 Å². The van der Waals surface area contributed by atoms with Gasteiger partial charge in [-0.1, -0.05) is 22.9 Å². The van der Waals surface area contributed by atoms with E-state index in [9.17, 15) is 14.7 Å². The van der Waals surface area contributed by atoms with E-state index in [1.165, 1.54) is 28.1 Å². The van der Waals surface area contributed by atoms with Crippen LogP contribution in [0.25, 0.3) is 10.2 Å². The molecule has 2 heterocycles. The van der Waals surface area contributed by atoms with Crippen molar-refractivity contribution in [2.45, 2.75) is 32.7 Å². The maximum absolute atomic E-state index is 12.9. The first kappa shape index (κ1) is 19.8. The summed E-state index contributed by atoms with van der Waals surface area (Å²) in [5.41, 5.74) is 3.75. The number of benzene rings is 1. The topological polar surface area (TPSA) is 96.6 Å². The number of aryl methyl sites for hydroxylation is 1. The van der Waals surface area contributed by atoms with E-state index in [-0.39, 0.29) is 17.9 Å². The molecule has 0 bridgehead atoms. The Kier molecular flexibility index (Phi) is 5.51. The van der Waals surface area contributed by atoms with Gasteiger partial charge in [-0.25, -0.2) is 10.4 Å². The lowest BCUT2D eigenvalue weighted by atomic mass is 9.89. The van der Waals surface area contributed by atoms with Gasteiger partial charge in [0.2, 0.25) is 0 Å². The molecule has 1 aliphatic rings. The minimum Gasteiger partial charge on any atom is -0.507 e. The number of halogens is 1. The average Bonchev–Trinajstić information content (AvgIpc) is 3.05. The second-order valence-corrected chi connectivity index (χ2v) is 9.21. The predicted molar refractivity (Wildman–Crippen MR) is 117 cm³/mol. The molecule has 2 N–H and O–H groups in total. The molecule has 1 amide bonds. The van der Waals surface area contributed by atoms with Crippen LogP contribution in [0.15, 0.2) is 38.9 Å². The maximum Gasteiger partial charge on any atom is 0.262 e. The fourth-order valence-electron chi connectivity index (χ4n) is 3.47. The van der Waals surface area contributed by atoms with Crippen LogP contribution in [0.3, 0.4) is 0 Å². The van der Waals surface area contributed by atoms with Crippen LogP contribution in [0.1, 0.15) is 29.3 Å². The number of carbonyl (C=O) groups excluding carboxylic acids is 1. The SMILES string of the molecule is CC1CCc2c(sc3ncn(CC(=O)NN=Cc4cc(Br)ccc4O)c(=O)c23)C1. The molecule has 3 aromatic rings. The van der Waals surface area contributed by atoms with E-state index in [0.717, 1.165) is 34.1 Å². The Morgan fingerprint density at radius 3 is 3.17 bits per heavy atom. The number of hydrogen-bond donors (Lipinski definition) is 2. The molecule has 1 aliphatic carbocycles. The summed E-state index contributed by atoms with van der Waals surface area (Å²) < 4.78 is 2.09. The molecular weight excluding hydrogens is 456 g/mol. The molecule has 0 fully saturated rings. The molecule has 0 aliphatic heterocycles. The Labute approximate surface area is 179 Å². The molecule has 7 nitrogen and oxygen atoms in total. The van der Waals surface area contributed by atoms with Crippen LogP contribution >= 0.6 is 27.3 Å². The Morgan fingerprint density at radius 2 is 2.34 bits per heavy atom. The highest BCUT2D eigenvalue weighted by atomic mass is 79.9. The predicted octanol–water partition coefficient (Wildman–Crippen LogP) is 3.20. The standard InChI is InChI=1S/C20H19BrN4O3S/c1-11-2-4-14-16(6-11)29-19-18(14)20(28)25(10-22-19)9-17(27)24-23-8-12-7-13(21)3-5-15(12)26/h3,5,7-8,10-11,26H,2,4,6,9H2,1H3,(H,24,27). The van der Waals surface area contributed by atoms with Crippen molar-refractivity contribution in [2.24, 2.45) is 11.0 Å². The van der Waals surface area contributed by atoms with Crippen molar-refractivity contribution in [2.75, 3.05) is 0 Å². The zero-order valence-corrected chi connectivity index (χ0v) is 18.1. The van der Waals surface area contributed by atoms with Crippen LogP contribution in [0, 0.1) is 5.92 Å². The van der Waals surface area contributed by atoms with Crippen LogP contribution in [0.4, 0.5) is 0 Å². The van der Waals surface area contributed by atoms with Gasteiger partial charge in [-0.3, -0.25) is 14.2 Å². The van der Waals surface area contributed by atoms with E-state index in [1.807, 2.05) is 0 Å². The van der Waals surface area contributed by atoms with Crippen molar-refractivity contribution < 1.29 is 9.90 Å². The first-order valence-electron chi connectivity index (χ1n) is 9.22. The Morgan fingerprint density at radius 1 is 1.52 bits per heavy atom. The minimum atomic E-state index is -0.447. The third-order valence-corrected chi connectivity index (χ3v) is 6.63. The largest absolute Gasteiger partial charge is 0.507 e. The zero-order valence-electron chi connectivity index (χ0n) is 15.7. The number of hydrogen-bond acceptors (Lipinski definition) is 6. The molecule has 2 aromatic heterocycles. The number of nitrogens with one attached hydrogen (secondary N) is 1. The summed E-state index contributed by atoms with van der Waals surface area (Å²) in [6.07, 6.45) is 5.68. The van der Waals surface area contributed by atoms with Crippen LogP contribution < -0.4 is 11.0 Å². The molecule has 0 radical (unpaired) electrons. The molecule has 4 rings (SSSR count). The molecule has 0 saturated carbocycles. The first-order chi connectivity index (χ1) is 13.9. The molecule has 29 heavy (non-hydrogen) atoms. The average molecular weight is 475 g/mol. The van der Waals surface area contributed by atoms with Gasteiger partial charge in [0, 0.05) is 14.9 Å². The summed E-state index contributed by atoms with van der Waals surface area (Å²) in [5.74, 6) is 0.219. The highest BCUT2D eigenvalue weighted by Crippen LogP contribution is 2.35. The first-order valence-corrected chi connectivity index (χ1v) is 10.8. The number of rotatable bonds is 4. The van der Waals surface area contributed by atoms with Crippen LogP contribution in [-0.4, -0.2) is 26.8 Å². The van der Waals surface area contributed by atoms with Gasteiger partial charge in [0.1, 0.15) is 17.1 Å². The van der Waals surface area contributed by atoms with Gasteiger partial charge in [-0.05, 0) is 48.9 Å². The van der Waals surface area contributed by atoms with Gasteiger partial charge < -0.3 is 5.11 Å². The summed E-state index contributed by atoms with van der Waals surface area (Å²) in [5, 5.41) is 14.3. The van der Waals surface area contributed by atoms with E-state index < -0.39 is 5.91 Å². The Bertz CT molecular complexity index is 1180. The third kappa shape index (κ3) is 4.11. The van der Waals surface area contributed by atoms with Gasteiger partial charge in [0.25, 0.3) is 11.5 Å². The highest BCUT2D eigenvalue weighted by molar-refractivity contribution is 9.10. The number of thiophene rings is 1. The van der Waals surface area contributed by atoms with E-state index in [0.29, 0.717) is 16.9 Å². The number of hydrazone groups is 1. The third-order valence-electron chi connectivity index (χ3n) is 4.98. The van der Waals surface area contributed by atoms with Gasteiger partial charge in [-0.15, -0.1) is 11.3 Å². The number of fused-ring (bicyclic) bond motifs is 3. The van der Waals surface area contributed by atoms with Gasteiger partial charge >= 0.3 is 0 Å². The van der Waals surface area contributed by atoms with Crippen molar-refractivity contribution in [1.29, 1.82) is 0 Å². The van der Waals surface area contributed by atoms with E-state index in [2.05, 4.69) is 38.4 Å².